The Morgan fingerprint density at radius 1 is 0.486 bits per heavy atom. The Balaban J connectivity index is 0.00000229. The molecule has 5 heterocycles. The van der Waals surface area contributed by atoms with Crippen LogP contribution in [0.1, 0.15) is 11.4 Å². The average molecular weight is 632 g/mol. The van der Waals surface area contributed by atoms with Crippen LogP contribution in [0.25, 0.3) is 67.9 Å². The molecule has 35 heavy (non-hydrogen) atoms. The van der Waals surface area contributed by atoms with Crippen LogP contribution in [0.5, 0.6) is 0 Å². The zero-order valence-corrected chi connectivity index (χ0v) is 20.9. The predicted octanol–water partition coefficient (Wildman–Crippen LogP) is 7.48. The first-order valence-corrected chi connectivity index (χ1v) is 11.3. The number of nitrogens with one attached hydrogen (secondary N) is 2. The molecule has 8 bridgehead atoms. The van der Waals surface area contributed by atoms with Gasteiger partial charge in [0.1, 0.15) is 0 Å². The molecule has 0 saturated carbocycles. The van der Waals surface area contributed by atoms with Gasteiger partial charge in [-0.05, 0) is 60.2 Å². The van der Waals surface area contributed by atoms with Gasteiger partial charge in [-0.2, -0.15) is 0 Å². The van der Waals surface area contributed by atoms with Crippen molar-refractivity contribution in [2.45, 2.75) is 0 Å². The fraction of sp³-hybridized carbons (Fsp3) is 0. The molecule has 5 aromatic rings. The van der Waals surface area contributed by atoms with E-state index in [2.05, 4.69) is 101 Å². The summed E-state index contributed by atoms with van der Waals surface area (Å²) >= 11 is 0. The second kappa shape index (κ2) is 8.65. The number of H-pyrrole nitrogens is 2. The summed E-state index contributed by atoms with van der Waals surface area (Å²) in [6.07, 6.45) is 4.09. The van der Waals surface area contributed by atoms with Crippen molar-refractivity contribution in [1.29, 1.82) is 0 Å². The van der Waals surface area contributed by atoms with E-state index in [0.29, 0.717) is 0 Å². The van der Waals surface area contributed by atoms with E-state index >= 15 is 0 Å². The minimum atomic E-state index is 0. The third kappa shape index (κ3) is 3.96. The SMILES string of the molecule is C1=Cc2cc3cc(-c4ccccc4)c(cc4nc(cc5ccc(cc1n2)[nH]5)-c1ccccc1-4)[nH]3.[Pt]. The number of nitrogens with zero attached hydrogens (tertiary/aromatic N) is 2. The van der Waals surface area contributed by atoms with E-state index in [1.54, 1.807) is 0 Å². The molecule has 2 aliphatic rings. The standard InChI is InChI=1S/C30H20N4.Pt/c1-2-6-19(7-3-1)27-16-24-15-22-11-10-20(31-22)14-21-12-13-23(32-21)17-28-25-8-4-5-9-26(25)29(34-28)18-30(27)33-24;/h1-18,32-33H;. The predicted molar refractivity (Wildman–Crippen MR) is 140 cm³/mol. The minimum Gasteiger partial charge on any atom is -0.355 e. The molecule has 0 spiro atoms. The van der Waals surface area contributed by atoms with Crippen LogP contribution < -0.4 is 0 Å². The monoisotopic (exact) mass is 631 g/mol. The van der Waals surface area contributed by atoms with Gasteiger partial charge in [0, 0.05) is 59.8 Å². The van der Waals surface area contributed by atoms with Gasteiger partial charge in [-0.1, -0.05) is 54.6 Å². The van der Waals surface area contributed by atoms with Gasteiger partial charge in [-0.3, -0.25) is 0 Å². The van der Waals surface area contributed by atoms with Crippen molar-refractivity contribution < 1.29 is 21.1 Å². The molecule has 2 aromatic carbocycles. The maximum Gasteiger partial charge on any atom is 0.0737 e. The number of hydrogen-bond acceptors (Lipinski definition) is 2. The van der Waals surface area contributed by atoms with Crippen molar-refractivity contribution in [3.05, 3.63) is 108 Å². The third-order valence-corrected chi connectivity index (χ3v) is 6.27. The maximum atomic E-state index is 5.05. The van der Waals surface area contributed by atoms with Crippen molar-refractivity contribution in [2.75, 3.05) is 0 Å². The first-order chi connectivity index (χ1) is 16.8. The zero-order valence-electron chi connectivity index (χ0n) is 18.6. The molecule has 0 unspecified atom stereocenters. The van der Waals surface area contributed by atoms with Gasteiger partial charge < -0.3 is 9.97 Å². The molecule has 4 nitrogen and oxygen atoms in total. The van der Waals surface area contributed by atoms with Gasteiger partial charge in [0.15, 0.2) is 0 Å². The number of fused-ring (bicyclic) bond motifs is 11. The summed E-state index contributed by atoms with van der Waals surface area (Å²) in [7, 11) is 0. The summed E-state index contributed by atoms with van der Waals surface area (Å²) in [5.74, 6) is 0. The Kier molecular flexibility index (Phi) is 5.32. The summed E-state index contributed by atoms with van der Waals surface area (Å²) in [6, 6.07) is 33.6. The fourth-order valence-electron chi connectivity index (χ4n) is 4.70. The van der Waals surface area contributed by atoms with Crippen LogP contribution in [-0.2, 0) is 21.1 Å². The normalized spacial score (nSPS) is 11.7. The number of aromatic amines is 2. The van der Waals surface area contributed by atoms with Crippen LogP contribution in [0.2, 0.25) is 0 Å². The average Bonchev–Trinajstić information content (AvgIpc) is 3.64. The summed E-state index contributed by atoms with van der Waals surface area (Å²) < 4.78 is 0. The molecule has 2 N–H and O–H groups in total. The maximum absolute atomic E-state index is 5.05. The topological polar surface area (TPSA) is 57.4 Å². The Labute approximate surface area is 216 Å². The fourth-order valence-corrected chi connectivity index (χ4v) is 4.70. The van der Waals surface area contributed by atoms with Crippen molar-refractivity contribution in [1.82, 2.24) is 19.9 Å². The Morgan fingerprint density at radius 2 is 1.11 bits per heavy atom. The molecule has 5 heteroatoms. The molecule has 2 aliphatic heterocycles. The van der Waals surface area contributed by atoms with E-state index in [1.165, 1.54) is 0 Å². The molecule has 170 valence electrons. The molecule has 0 fully saturated rings. The molecule has 3 aromatic heterocycles. The summed E-state index contributed by atoms with van der Waals surface area (Å²) in [6.45, 7) is 0. The van der Waals surface area contributed by atoms with Crippen molar-refractivity contribution in [2.24, 2.45) is 0 Å². The van der Waals surface area contributed by atoms with Crippen molar-refractivity contribution in [3.63, 3.8) is 0 Å². The quantitative estimate of drug-likeness (QED) is 0.197. The smallest absolute Gasteiger partial charge is 0.0737 e. The molecule has 0 radical (unpaired) electrons. The van der Waals surface area contributed by atoms with E-state index in [4.69, 9.17) is 9.97 Å². The van der Waals surface area contributed by atoms with Gasteiger partial charge >= 0.3 is 0 Å². The molecule has 7 rings (SSSR count). The first-order valence-electron chi connectivity index (χ1n) is 11.3. The summed E-state index contributed by atoms with van der Waals surface area (Å²) in [5, 5.41) is 0. The number of benzene rings is 2. The molecular weight excluding hydrogens is 611 g/mol. The van der Waals surface area contributed by atoms with E-state index < -0.39 is 0 Å². The molecule has 0 atom stereocenters. The van der Waals surface area contributed by atoms with Gasteiger partial charge in [0.05, 0.1) is 22.8 Å². The van der Waals surface area contributed by atoms with E-state index in [9.17, 15) is 0 Å². The van der Waals surface area contributed by atoms with Crippen LogP contribution in [0, 0.1) is 0 Å². The van der Waals surface area contributed by atoms with Gasteiger partial charge in [-0.25, -0.2) is 9.97 Å². The number of rotatable bonds is 1. The van der Waals surface area contributed by atoms with Crippen molar-refractivity contribution in [3.8, 4) is 33.6 Å². The van der Waals surface area contributed by atoms with Crippen LogP contribution >= 0.6 is 0 Å². The van der Waals surface area contributed by atoms with Crippen LogP contribution in [-0.4, -0.2) is 19.9 Å². The van der Waals surface area contributed by atoms with Crippen LogP contribution in [0.3, 0.4) is 0 Å². The second-order valence-electron chi connectivity index (χ2n) is 8.59. The van der Waals surface area contributed by atoms with Gasteiger partial charge in [0.2, 0.25) is 0 Å². The van der Waals surface area contributed by atoms with Gasteiger partial charge in [-0.15, -0.1) is 0 Å². The second-order valence-corrected chi connectivity index (χ2v) is 8.59. The third-order valence-electron chi connectivity index (χ3n) is 6.27. The van der Waals surface area contributed by atoms with E-state index in [-0.39, 0.29) is 21.1 Å². The molecule has 0 amide bonds. The molecule has 0 saturated heterocycles. The van der Waals surface area contributed by atoms with Crippen LogP contribution in [0.15, 0.2) is 97.1 Å². The first kappa shape index (κ1) is 21.5. The largest absolute Gasteiger partial charge is 0.355 e. The Hall–Kier alpha value is -4.01. The van der Waals surface area contributed by atoms with Crippen LogP contribution in [0.4, 0.5) is 0 Å². The minimum absolute atomic E-state index is 0. The van der Waals surface area contributed by atoms with E-state index in [1.807, 2.05) is 18.2 Å². The Bertz CT molecular complexity index is 1760. The molecule has 0 aliphatic carbocycles. The number of aromatic nitrogens is 4. The zero-order chi connectivity index (χ0) is 22.5. The molecular formula is C30H20N4Pt. The Morgan fingerprint density at radius 3 is 1.86 bits per heavy atom. The van der Waals surface area contributed by atoms with E-state index in [0.717, 1.165) is 67.1 Å². The van der Waals surface area contributed by atoms with Crippen molar-refractivity contribution >= 4 is 34.2 Å². The summed E-state index contributed by atoms with van der Waals surface area (Å²) in [5.41, 5.74) is 12.4. The summed E-state index contributed by atoms with van der Waals surface area (Å²) in [4.78, 5) is 16.9. The van der Waals surface area contributed by atoms with Gasteiger partial charge in [0.25, 0.3) is 0 Å². The number of hydrogen-bond donors (Lipinski definition) is 2.